The van der Waals surface area contributed by atoms with Crippen LogP contribution in [0.3, 0.4) is 0 Å². The van der Waals surface area contributed by atoms with Crippen LogP contribution in [0.25, 0.3) is 0 Å². The largest absolute Gasteiger partial charge is 0.349 e. The van der Waals surface area contributed by atoms with Crippen molar-refractivity contribution in [2.75, 3.05) is 25.0 Å². The maximum absolute atomic E-state index is 12.1. The number of quaternary nitrogens is 1. The molecule has 1 aromatic carbocycles. The number of carbonyl (C=O) groups is 2. The van der Waals surface area contributed by atoms with Gasteiger partial charge in [-0.1, -0.05) is 12.1 Å². The Morgan fingerprint density at radius 2 is 1.78 bits per heavy atom. The molecule has 1 aromatic rings. The van der Waals surface area contributed by atoms with Crippen molar-refractivity contribution < 1.29 is 14.5 Å². The highest BCUT2D eigenvalue weighted by Crippen LogP contribution is 2.09. The third-order valence-electron chi connectivity index (χ3n) is 3.29. The lowest BCUT2D eigenvalue weighted by atomic mass is 10.1. The third kappa shape index (κ3) is 7.43. The number of nitriles is 1. The summed E-state index contributed by atoms with van der Waals surface area (Å²) < 4.78 is 0. The summed E-state index contributed by atoms with van der Waals surface area (Å²) in [5.41, 5.74) is 1.61. The Morgan fingerprint density at radius 3 is 2.30 bits per heavy atom. The summed E-state index contributed by atoms with van der Waals surface area (Å²) in [5, 5.41) is 14.3. The van der Waals surface area contributed by atoms with Gasteiger partial charge in [-0.2, -0.15) is 5.26 Å². The van der Waals surface area contributed by atoms with Gasteiger partial charge in [-0.05, 0) is 38.5 Å². The molecule has 2 amide bonds. The van der Waals surface area contributed by atoms with E-state index in [2.05, 4.69) is 16.7 Å². The molecule has 0 spiro atoms. The zero-order valence-electron chi connectivity index (χ0n) is 14.0. The Kier molecular flexibility index (Phi) is 7.78. The summed E-state index contributed by atoms with van der Waals surface area (Å²) in [5.74, 6) is -0.183. The summed E-state index contributed by atoms with van der Waals surface area (Å²) in [6, 6.07) is 9.38. The molecule has 1 unspecified atom stereocenters. The van der Waals surface area contributed by atoms with Crippen molar-refractivity contribution in [1.82, 2.24) is 5.32 Å². The van der Waals surface area contributed by atoms with E-state index in [1.54, 1.807) is 12.1 Å². The summed E-state index contributed by atoms with van der Waals surface area (Å²) >= 11 is 0. The maximum atomic E-state index is 12.1. The van der Waals surface area contributed by atoms with Crippen molar-refractivity contribution in [3.8, 4) is 6.07 Å². The Balaban J connectivity index is 2.50. The molecule has 0 aliphatic rings. The summed E-state index contributed by atoms with van der Waals surface area (Å²) in [6.45, 7) is 6.98. The zero-order chi connectivity index (χ0) is 17.2. The SMILES string of the molecule is CC[NH+](CC(=O)Nc1ccc(CC#N)cc1)CC(=O)NC(C)C. The van der Waals surface area contributed by atoms with Crippen LogP contribution in [0.4, 0.5) is 5.69 Å². The molecule has 3 N–H and O–H groups in total. The van der Waals surface area contributed by atoms with Crippen molar-refractivity contribution in [2.45, 2.75) is 33.2 Å². The molecule has 0 aromatic heterocycles. The molecule has 0 aliphatic carbocycles. The minimum Gasteiger partial charge on any atom is -0.349 e. The molecule has 0 aliphatic heterocycles. The van der Waals surface area contributed by atoms with Gasteiger partial charge in [-0.25, -0.2) is 0 Å². The second kappa shape index (κ2) is 9.59. The second-order valence-corrected chi connectivity index (χ2v) is 5.76. The van der Waals surface area contributed by atoms with Gasteiger partial charge in [0.25, 0.3) is 11.8 Å². The maximum Gasteiger partial charge on any atom is 0.279 e. The van der Waals surface area contributed by atoms with Crippen molar-refractivity contribution >= 4 is 17.5 Å². The minimum absolute atomic E-state index is 0.0505. The average molecular weight is 317 g/mol. The van der Waals surface area contributed by atoms with E-state index in [4.69, 9.17) is 5.26 Å². The van der Waals surface area contributed by atoms with Gasteiger partial charge in [0.2, 0.25) is 0 Å². The molecular weight excluding hydrogens is 292 g/mol. The Hall–Kier alpha value is -2.39. The van der Waals surface area contributed by atoms with Crippen LogP contribution in [0.2, 0.25) is 0 Å². The van der Waals surface area contributed by atoms with Crippen molar-refractivity contribution in [1.29, 1.82) is 5.26 Å². The lowest BCUT2D eigenvalue weighted by Crippen LogP contribution is -3.14. The first-order valence-electron chi connectivity index (χ1n) is 7.83. The number of nitrogens with one attached hydrogen (secondary N) is 3. The van der Waals surface area contributed by atoms with Gasteiger partial charge in [0.1, 0.15) is 0 Å². The van der Waals surface area contributed by atoms with Crippen LogP contribution in [-0.2, 0) is 16.0 Å². The number of amides is 2. The van der Waals surface area contributed by atoms with Gasteiger partial charge in [0, 0.05) is 11.7 Å². The molecule has 0 saturated heterocycles. The van der Waals surface area contributed by atoms with Crippen LogP contribution in [0, 0.1) is 11.3 Å². The molecule has 0 bridgehead atoms. The summed E-state index contributed by atoms with van der Waals surface area (Å²) in [4.78, 5) is 24.8. The van der Waals surface area contributed by atoms with Crippen LogP contribution < -0.4 is 15.5 Å². The number of hydrogen-bond donors (Lipinski definition) is 3. The lowest BCUT2D eigenvalue weighted by Gasteiger charge is -2.17. The Morgan fingerprint density at radius 1 is 1.17 bits per heavy atom. The number of rotatable bonds is 8. The number of anilines is 1. The average Bonchev–Trinajstić information content (AvgIpc) is 2.48. The van der Waals surface area contributed by atoms with Crippen LogP contribution in [0.5, 0.6) is 0 Å². The lowest BCUT2D eigenvalue weighted by molar-refractivity contribution is -0.881. The molecular formula is C17H25N4O2+. The monoisotopic (exact) mass is 317 g/mol. The highest BCUT2D eigenvalue weighted by Gasteiger charge is 2.17. The molecule has 0 heterocycles. The van der Waals surface area contributed by atoms with Gasteiger partial charge in [-0.3, -0.25) is 9.59 Å². The molecule has 0 saturated carbocycles. The fourth-order valence-electron chi connectivity index (χ4n) is 2.14. The first-order valence-corrected chi connectivity index (χ1v) is 7.83. The van der Waals surface area contributed by atoms with Crippen molar-refractivity contribution in [3.05, 3.63) is 29.8 Å². The van der Waals surface area contributed by atoms with E-state index in [9.17, 15) is 9.59 Å². The first kappa shape index (κ1) is 18.7. The predicted octanol–water partition coefficient (Wildman–Crippen LogP) is 0.121. The van der Waals surface area contributed by atoms with E-state index in [-0.39, 0.29) is 30.9 Å². The van der Waals surface area contributed by atoms with E-state index in [1.165, 1.54) is 0 Å². The number of hydrogen-bond acceptors (Lipinski definition) is 3. The zero-order valence-corrected chi connectivity index (χ0v) is 14.0. The van der Waals surface area contributed by atoms with Crippen LogP contribution in [0.15, 0.2) is 24.3 Å². The normalized spacial score (nSPS) is 11.6. The van der Waals surface area contributed by atoms with Crippen molar-refractivity contribution in [2.24, 2.45) is 0 Å². The molecule has 6 nitrogen and oxygen atoms in total. The van der Waals surface area contributed by atoms with Crippen LogP contribution in [0.1, 0.15) is 26.3 Å². The highest BCUT2D eigenvalue weighted by atomic mass is 16.2. The Labute approximate surface area is 137 Å². The summed E-state index contributed by atoms with van der Waals surface area (Å²) in [6.07, 6.45) is 0.354. The summed E-state index contributed by atoms with van der Waals surface area (Å²) in [7, 11) is 0. The van der Waals surface area contributed by atoms with Crippen molar-refractivity contribution in [3.63, 3.8) is 0 Å². The predicted molar refractivity (Wildman–Crippen MR) is 88.9 cm³/mol. The van der Waals surface area contributed by atoms with Gasteiger partial charge >= 0.3 is 0 Å². The van der Waals surface area contributed by atoms with Crippen LogP contribution >= 0.6 is 0 Å². The molecule has 23 heavy (non-hydrogen) atoms. The third-order valence-corrected chi connectivity index (χ3v) is 3.29. The number of likely N-dealkylation sites (N-methyl/N-ethyl adjacent to an activating group) is 1. The second-order valence-electron chi connectivity index (χ2n) is 5.76. The molecule has 0 radical (unpaired) electrons. The van der Waals surface area contributed by atoms with E-state index in [0.717, 1.165) is 10.5 Å². The quantitative estimate of drug-likeness (QED) is 0.636. The molecule has 1 atom stereocenters. The van der Waals surface area contributed by atoms with Crippen LogP contribution in [-0.4, -0.2) is 37.5 Å². The molecule has 124 valence electrons. The van der Waals surface area contributed by atoms with Gasteiger partial charge in [0.15, 0.2) is 13.1 Å². The fourth-order valence-corrected chi connectivity index (χ4v) is 2.14. The van der Waals surface area contributed by atoms with E-state index in [0.29, 0.717) is 18.7 Å². The minimum atomic E-state index is -0.132. The topological polar surface area (TPSA) is 86.4 Å². The number of benzene rings is 1. The fraction of sp³-hybridized carbons (Fsp3) is 0.471. The first-order chi connectivity index (χ1) is 10.9. The molecule has 6 heteroatoms. The van der Waals surface area contributed by atoms with Gasteiger partial charge in [0.05, 0.1) is 19.0 Å². The smallest absolute Gasteiger partial charge is 0.279 e. The highest BCUT2D eigenvalue weighted by molar-refractivity contribution is 5.91. The molecule has 0 fully saturated rings. The van der Waals surface area contributed by atoms with E-state index in [1.807, 2.05) is 32.9 Å². The van der Waals surface area contributed by atoms with E-state index >= 15 is 0 Å². The molecule has 1 rings (SSSR count). The number of nitrogens with zero attached hydrogens (tertiary/aromatic N) is 1. The Bertz CT molecular complexity index is 561. The number of carbonyl (C=O) groups excluding carboxylic acids is 2. The standard InChI is InChI=1S/C17H24N4O2/c1-4-21(11-16(22)19-13(2)3)12-17(23)20-15-7-5-14(6-8-15)9-10-18/h5-8,13H,4,9,11-12H2,1-3H3,(H,19,22)(H,20,23)/p+1. The van der Waals surface area contributed by atoms with Gasteiger partial charge < -0.3 is 15.5 Å². The van der Waals surface area contributed by atoms with E-state index < -0.39 is 0 Å². The van der Waals surface area contributed by atoms with Gasteiger partial charge in [-0.15, -0.1) is 0 Å².